The summed E-state index contributed by atoms with van der Waals surface area (Å²) in [5.41, 5.74) is 0.499. The molecule has 2 rings (SSSR count). The average Bonchev–Trinajstić information content (AvgIpc) is 2.76. The van der Waals surface area contributed by atoms with E-state index >= 15 is 0 Å². The van der Waals surface area contributed by atoms with Crippen LogP contribution in [0.4, 0.5) is 0 Å². The molecule has 0 aromatic heterocycles. The second-order valence-electron chi connectivity index (χ2n) is 4.42. The maximum absolute atomic E-state index is 11.4. The predicted octanol–water partition coefficient (Wildman–Crippen LogP) is 1.97. The molecule has 2 fully saturated rings. The molecule has 1 aliphatic heterocycles. The first-order valence-corrected chi connectivity index (χ1v) is 5.17. The molecule has 0 radical (unpaired) electrons. The van der Waals surface area contributed by atoms with Crippen molar-refractivity contribution in [1.29, 1.82) is 0 Å². The number of hydrogen-bond acceptors (Lipinski definition) is 1. The number of amides is 1. The second-order valence-corrected chi connectivity index (χ2v) is 4.42. The number of nitrogens with zero attached hydrogens (tertiary/aromatic N) is 1. The molecule has 1 spiro atoms. The van der Waals surface area contributed by atoms with Crippen LogP contribution in [0.3, 0.4) is 0 Å². The van der Waals surface area contributed by atoms with Gasteiger partial charge in [-0.1, -0.05) is 19.4 Å². The zero-order valence-electron chi connectivity index (χ0n) is 8.09. The Balaban J connectivity index is 2.00. The number of rotatable bonds is 1. The van der Waals surface area contributed by atoms with Gasteiger partial charge >= 0.3 is 0 Å². The molecule has 0 aromatic carbocycles. The molecule has 0 bridgehead atoms. The van der Waals surface area contributed by atoms with Crippen LogP contribution in [0.1, 0.15) is 32.1 Å². The normalized spacial score (nSPS) is 25.4. The average molecular weight is 179 g/mol. The summed E-state index contributed by atoms with van der Waals surface area (Å²) in [6.45, 7) is 5.46. The van der Waals surface area contributed by atoms with E-state index in [1.54, 1.807) is 0 Å². The van der Waals surface area contributed by atoms with Gasteiger partial charge in [0.1, 0.15) is 0 Å². The maximum Gasteiger partial charge on any atom is 0.245 e. The first-order chi connectivity index (χ1) is 6.26. The fourth-order valence-electron chi connectivity index (χ4n) is 2.79. The van der Waals surface area contributed by atoms with E-state index in [2.05, 4.69) is 6.58 Å². The third kappa shape index (κ3) is 1.50. The Hall–Kier alpha value is -0.790. The van der Waals surface area contributed by atoms with Crippen molar-refractivity contribution in [3.8, 4) is 0 Å². The van der Waals surface area contributed by atoms with E-state index in [-0.39, 0.29) is 5.91 Å². The van der Waals surface area contributed by atoms with Gasteiger partial charge in [0.05, 0.1) is 0 Å². The lowest BCUT2D eigenvalue weighted by atomic mass is 9.86. The summed E-state index contributed by atoms with van der Waals surface area (Å²) in [5, 5.41) is 0. The summed E-state index contributed by atoms with van der Waals surface area (Å²) in [5.74, 6) is 0.115. The third-order valence-corrected chi connectivity index (χ3v) is 3.59. The second kappa shape index (κ2) is 3.17. The van der Waals surface area contributed by atoms with Crippen molar-refractivity contribution in [2.75, 3.05) is 13.1 Å². The Bertz CT molecular complexity index is 228. The largest absolute Gasteiger partial charge is 0.339 e. The molecule has 2 nitrogen and oxygen atoms in total. The number of hydrogen-bond donors (Lipinski definition) is 0. The van der Waals surface area contributed by atoms with Crippen LogP contribution in [0.2, 0.25) is 0 Å². The smallest absolute Gasteiger partial charge is 0.245 e. The topological polar surface area (TPSA) is 20.3 Å². The van der Waals surface area contributed by atoms with Crippen LogP contribution in [0.25, 0.3) is 0 Å². The molecular formula is C11H17NO. The minimum atomic E-state index is 0.115. The predicted molar refractivity (Wildman–Crippen MR) is 52.3 cm³/mol. The fraction of sp³-hybridized carbons (Fsp3) is 0.727. The summed E-state index contributed by atoms with van der Waals surface area (Å²) in [7, 11) is 0. The summed E-state index contributed by atoms with van der Waals surface area (Å²) >= 11 is 0. The summed E-state index contributed by atoms with van der Waals surface area (Å²) in [6.07, 6.45) is 8.02. The molecule has 13 heavy (non-hydrogen) atoms. The van der Waals surface area contributed by atoms with E-state index in [0.717, 1.165) is 13.1 Å². The maximum atomic E-state index is 11.4. The van der Waals surface area contributed by atoms with Crippen molar-refractivity contribution in [2.45, 2.75) is 32.1 Å². The molecule has 1 aliphatic carbocycles. The highest BCUT2D eigenvalue weighted by molar-refractivity contribution is 5.87. The van der Waals surface area contributed by atoms with E-state index in [1.807, 2.05) is 4.90 Å². The van der Waals surface area contributed by atoms with Crippen molar-refractivity contribution in [3.05, 3.63) is 12.7 Å². The molecule has 0 unspecified atom stereocenters. The van der Waals surface area contributed by atoms with Crippen LogP contribution in [-0.2, 0) is 4.79 Å². The van der Waals surface area contributed by atoms with Crippen molar-refractivity contribution in [1.82, 2.24) is 4.90 Å². The first kappa shape index (κ1) is 8.79. The van der Waals surface area contributed by atoms with Crippen molar-refractivity contribution in [3.63, 3.8) is 0 Å². The summed E-state index contributed by atoms with van der Waals surface area (Å²) in [6, 6.07) is 0. The van der Waals surface area contributed by atoms with Crippen molar-refractivity contribution in [2.24, 2.45) is 5.41 Å². The van der Waals surface area contributed by atoms with Gasteiger partial charge in [0.15, 0.2) is 0 Å². The standard InChI is InChI=1S/C11H17NO/c1-2-10(13)12-8-7-11(9-12)5-3-4-6-11/h2H,1,3-9H2. The summed E-state index contributed by atoms with van der Waals surface area (Å²) in [4.78, 5) is 13.3. The van der Waals surface area contributed by atoms with Crippen LogP contribution < -0.4 is 0 Å². The minimum Gasteiger partial charge on any atom is -0.339 e. The van der Waals surface area contributed by atoms with Gasteiger partial charge in [-0.3, -0.25) is 4.79 Å². The molecule has 0 atom stereocenters. The highest BCUT2D eigenvalue weighted by Gasteiger charge is 2.40. The molecule has 2 aliphatic rings. The van der Waals surface area contributed by atoms with Gasteiger partial charge in [-0.25, -0.2) is 0 Å². The Labute approximate surface area is 79.6 Å². The zero-order valence-corrected chi connectivity index (χ0v) is 8.09. The molecule has 1 saturated carbocycles. The lowest BCUT2D eigenvalue weighted by Crippen LogP contribution is -2.29. The molecular weight excluding hydrogens is 162 g/mol. The van der Waals surface area contributed by atoms with Gasteiger partial charge in [0.2, 0.25) is 5.91 Å². The lowest BCUT2D eigenvalue weighted by molar-refractivity contribution is -0.125. The molecule has 1 heterocycles. The van der Waals surface area contributed by atoms with Crippen LogP contribution in [0.15, 0.2) is 12.7 Å². The van der Waals surface area contributed by atoms with Crippen LogP contribution in [0.5, 0.6) is 0 Å². The Morgan fingerprint density at radius 3 is 2.62 bits per heavy atom. The number of carbonyl (C=O) groups is 1. The molecule has 72 valence electrons. The Kier molecular flexibility index (Phi) is 2.14. The molecule has 2 heteroatoms. The SMILES string of the molecule is C=CC(=O)N1CCC2(CCCC2)C1. The Morgan fingerprint density at radius 1 is 1.31 bits per heavy atom. The van der Waals surface area contributed by atoms with Gasteiger partial charge in [-0.2, -0.15) is 0 Å². The highest BCUT2D eigenvalue weighted by Crippen LogP contribution is 2.45. The van der Waals surface area contributed by atoms with E-state index in [9.17, 15) is 4.79 Å². The summed E-state index contributed by atoms with van der Waals surface area (Å²) < 4.78 is 0. The zero-order chi connectivity index (χ0) is 9.31. The number of carbonyl (C=O) groups excluding carboxylic acids is 1. The van der Waals surface area contributed by atoms with E-state index in [4.69, 9.17) is 0 Å². The van der Waals surface area contributed by atoms with Crippen molar-refractivity contribution < 1.29 is 4.79 Å². The van der Waals surface area contributed by atoms with E-state index in [0.29, 0.717) is 5.41 Å². The third-order valence-electron chi connectivity index (χ3n) is 3.59. The van der Waals surface area contributed by atoms with E-state index in [1.165, 1.54) is 38.2 Å². The van der Waals surface area contributed by atoms with Gasteiger partial charge in [-0.15, -0.1) is 0 Å². The fourth-order valence-corrected chi connectivity index (χ4v) is 2.79. The highest BCUT2D eigenvalue weighted by atomic mass is 16.2. The van der Waals surface area contributed by atoms with Gasteiger partial charge in [0, 0.05) is 13.1 Å². The quantitative estimate of drug-likeness (QED) is 0.563. The van der Waals surface area contributed by atoms with Crippen LogP contribution in [-0.4, -0.2) is 23.9 Å². The molecule has 1 saturated heterocycles. The van der Waals surface area contributed by atoms with Crippen LogP contribution >= 0.6 is 0 Å². The van der Waals surface area contributed by atoms with Gasteiger partial charge < -0.3 is 4.90 Å². The lowest BCUT2D eigenvalue weighted by Gasteiger charge is -2.22. The monoisotopic (exact) mass is 179 g/mol. The van der Waals surface area contributed by atoms with Gasteiger partial charge in [-0.05, 0) is 30.8 Å². The molecule has 1 amide bonds. The van der Waals surface area contributed by atoms with Crippen LogP contribution in [0, 0.1) is 5.41 Å². The molecule has 0 aromatic rings. The van der Waals surface area contributed by atoms with Gasteiger partial charge in [0.25, 0.3) is 0 Å². The Morgan fingerprint density at radius 2 is 2.00 bits per heavy atom. The number of likely N-dealkylation sites (tertiary alicyclic amines) is 1. The minimum absolute atomic E-state index is 0.115. The van der Waals surface area contributed by atoms with Crippen molar-refractivity contribution >= 4 is 5.91 Å². The van der Waals surface area contributed by atoms with E-state index < -0.39 is 0 Å². The first-order valence-electron chi connectivity index (χ1n) is 5.17. The molecule has 0 N–H and O–H groups in total.